The van der Waals surface area contributed by atoms with E-state index in [0.717, 1.165) is 25.4 Å². The topological polar surface area (TPSA) is 24.9 Å². The van der Waals surface area contributed by atoms with Gasteiger partial charge in [-0.3, -0.25) is 0 Å². The van der Waals surface area contributed by atoms with Crippen molar-refractivity contribution in [1.82, 2.24) is 4.98 Å². The van der Waals surface area contributed by atoms with Crippen LogP contribution in [-0.2, 0) is 6.54 Å². The van der Waals surface area contributed by atoms with Crippen molar-refractivity contribution in [1.29, 1.82) is 0 Å². The molecule has 3 aromatic rings. The van der Waals surface area contributed by atoms with E-state index in [1.54, 1.807) is 17.5 Å². The van der Waals surface area contributed by atoms with Gasteiger partial charge in [-0.25, -0.2) is 4.98 Å². The molecule has 0 atom stereocenters. The first-order valence-electron chi connectivity index (χ1n) is 5.86. The van der Waals surface area contributed by atoms with Crippen molar-refractivity contribution in [2.24, 2.45) is 0 Å². The minimum atomic E-state index is 0.449. The number of halogens is 3. The van der Waals surface area contributed by atoms with E-state index in [4.69, 9.17) is 23.2 Å². The van der Waals surface area contributed by atoms with Gasteiger partial charge in [-0.1, -0.05) is 41.4 Å². The molecule has 102 valence electrons. The lowest BCUT2D eigenvalue weighted by Gasteiger charge is -2.07. The van der Waals surface area contributed by atoms with Crippen LogP contribution in [0.1, 0.15) is 4.88 Å². The summed E-state index contributed by atoms with van der Waals surface area (Å²) in [5.41, 5.74) is 0.787. The minimum Gasteiger partial charge on any atom is -0.378 e. The average molecular weight is 388 g/mol. The largest absolute Gasteiger partial charge is 0.378 e. The SMILES string of the molecule is Clc1ncc(Br)cc1NCc1sc2ccccc2c1Cl. The van der Waals surface area contributed by atoms with Crippen LogP contribution in [0.5, 0.6) is 0 Å². The third kappa shape index (κ3) is 2.79. The van der Waals surface area contributed by atoms with Crippen molar-refractivity contribution in [2.45, 2.75) is 6.54 Å². The number of rotatable bonds is 3. The van der Waals surface area contributed by atoms with E-state index < -0.39 is 0 Å². The van der Waals surface area contributed by atoms with Crippen LogP contribution in [0.2, 0.25) is 10.2 Å². The van der Waals surface area contributed by atoms with Crippen molar-refractivity contribution in [3.8, 4) is 0 Å². The van der Waals surface area contributed by atoms with Crippen molar-refractivity contribution < 1.29 is 0 Å². The molecule has 2 heterocycles. The normalized spacial score (nSPS) is 10.9. The highest BCUT2D eigenvalue weighted by atomic mass is 79.9. The number of fused-ring (bicyclic) bond motifs is 1. The van der Waals surface area contributed by atoms with Gasteiger partial charge in [0.15, 0.2) is 5.15 Å². The summed E-state index contributed by atoms with van der Waals surface area (Å²) in [5, 5.41) is 5.62. The second-order valence-corrected chi connectivity index (χ2v) is 6.97. The molecule has 0 aliphatic heterocycles. The van der Waals surface area contributed by atoms with Crippen LogP contribution in [0.15, 0.2) is 41.0 Å². The third-order valence-corrected chi connectivity index (χ3v) is 5.30. The van der Waals surface area contributed by atoms with Gasteiger partial charge in [-0.15, -0.1) is 11.3 Å². The lowest BCUT2D eigenvalue weighted by molar-refractivity contribution is 1.17. The number of hydrogen-bond donors (Lipinski definition) is 1. The summed E-state index contributed by atoms with van der Waals surface area (Å²) < 4.78 is 2.07. The molecule has 20 heavy (non-hydrogen) atoms. The molecule has 3 rings (SSSR count). The number of nitrogens with one attached hydrogen (secondary N) is 1. The molecule has 6 heteroatoms. The lowest BCUT2D eigenvalue weighted by Crippen LogP contribution is -1.99. The maximum absolute atomic E-state index is 6.41. The Bertz CT molecular complexity index is 773. The molecule has 0 amide bonds. The Balaban J connectivity index is 1.87. The van der Waals surface area contributed by atoms with Crippen molar-refractivity contribution >= 4 is 66.2 Å². The number of aromatic nitrogens is 1. The maximum Gasteiger partial charge on any atom is 0.152 e. The van der Waals surface area contributed by atoms with E-state index in [2.05, 4.69) is 32.3 Å². The van der Waals surface area contributed by atoms with E-state index in [1.807, 2.05) is 24.3 Å². The van der Waals surface area contributed by atoms with E-state index in [0.29, 0.717) is 11.7 Å². The molecule has 0 radical (unpaired) electrons. The fourth-order valence-electron chi connectivity index (χ4n) is 1.90. The third-order valence-electron chi connectivity index (χ3n) is 2.85. The van der Waals surface area contributed by atoms with Crippen LogP contribution in [-0.4, -0.2) is 4.98 Å². The summed E-state index contributed by atoms with van der Waals surface area (Å²) in [4.78, 5) is 5.17. The average Bonchev–Trinajstić information content (AvgIpc) is 2.77. The van der Waals surface area contributed by atoms with Crippen LogP contribution in [0.3, 0.4) is 0 Å². The summed E-state index contributed by atoms with van der Waals surface area (Å²) in [6.45, 7) is 0.621. The second-order valence-electron chi connectivity index (χ2n) is 4.18. The van der Waals surface area contributed by atoms with E-state index in [9.17, 15) is 0 Å². The van der Waals surface area contributed by atoms with Gasteiger partial charge < -0.3 is 5.32 Å². The summed E-state index contributed by atoms with van der Waals surface area (Å²) in [5.74, 6) is 0. The molecule has 0 saturated heterocycles. The van der Waals surface area contributed by atoms with Gasteiger partial charge >= 0.3 is 0 Å². The van der Waals surface area contributed by atoms with Gasteiger partial charge in [0.05, 0.1) is 17.3 Å². The number of benzene rings is 1. The monoisotopic (exact) mass is 386 g/mol. The first-order chi connectivity index (χ1) is 9.65. The van der Waals surface area contributed by atoms with Gasteiger partial charge in [0, 0.05) is 25.6 Å². The molecule has 1 N–H and O–H groups in total. The quantitative estimate of drug-likeness (QED) is 0.559. The fourth-order valence-corrected chi connectivity index (χ4v) is 3.84. The fraction of sp³-hybridized carbons (Fsp3) is 0.0714. The van der Waals surface area contributed by atoms with E-state index >= 15 is 0 Å². The number of thiophene rings is 1. The first kappa shape index (κ1) is 14.1. The van der Waals surface area contributed by atoms with Crippen LogP contribution >= 0.6 is 50.5 Å². The van der Waals surface area contributed by atoms with Gasteiger partial charge in [0.25, 0.3) is 0 Å². The molecule has 0 spiro atoms. The molecular formula is C14H9BrCl2N2S. The molecule has 0 unspecified atom stereocenters. The van der Waals surface area contributed by atoms with E-state index in [1.165, 1.54) is 4.70 Å². The Morgan fingerprint density at radius 3 is 2.85 bits per heavy atom. The van der Waals surface area contributed by atoms with Crippen molar-refractivity contribution in [3.63, 3.8) is 0 Å². The molecule has 2 aromatic heterocycles. The van der Waals surface area contributed by atoms with Crippen LogP contribution < -0.4 is 5.32 Å². The zero-order chi connectivity index (χ0) is 14.1. The van der Waals surface area contributed by atoms with Crippen molar-refractivity contribution in [3.05, 3.63) is 56.1 Å². The molecule has 1 aromatic carbocycles. The van der Waals surface area contributed by atoms with Gasteiger partial charge in [0.1, 0.15) is 0 Å². The molecular weight excluding hydrogens is 379 g/mol. The van der Waals surface area contributed by atoms with Crippen LogP contribution in [0.4, 0.5) is 5.69 Å². The highest BCUT2D eigenvalue weighted by Crippen LogP contribution is 2.36. The summed E-state index contributed by atoms with van der Waals surface area (Å²) >= 11 is 17.5. The summed E-state index contributed by atoms with van der Waals surface area (Å²) in [6.07, 6.45) is 1.67. The molecule has 0 aliphatic carbocycles. The number of pyridine rings is 1. The minimum absolute atomic E-state index is 0.449. The highest BCUT2D eigenvalue weighted by Gasteiger charge is 2.10. The summed E-state index contributed by atoms with van der Waals surface area (Å²) in [7, 11) is 0. The number of hydrogen-bond acceptors (Lipinski definition) is 3. The molecule has 0 aliphatic rings. The zero-order valence-electron chi connectivity index (χ0n) is 10.2. The Morgan fingerprint density at radius 2 is 2.05 bits per heavy atom. The molecule has 2 nitrogen and oxygen atoms in total. The standard InChI is InChI=1S/C14H9BrCl2N2S/c15-8-5-10(14(17)19-6-8)18-7-12-13(16)9-3-1-2-4-11(9)20-12/h1-6,18H,7H2. The maximum atomic E-state index is 6.41. The lowest BCUT2D eigenvalue weighted by atomic mass is 10.2. The van der Waals surface area contributed by atoms with Gasteiger partial charge in [-0.2, -0.15) is 0 Å². The van der Waals surface area contributed by atoms with Crippen molar-refractivity contribution in [2.75, 3.05) is 5.32 Å². The Morgan fingerprint density at radius 1 is 1.25 bits per heavy atom. The van der Waals surface area contributed by atoms with Gasteiger partial charge in [0.2, 0.25) is 0 Å². The predicted molar refractivity (Wildman–Crippen MR) is 91.1 cm³/mol. The molecule has 0 fully saturated rings. The predicted octanol–water partition coefficient (Wildman–Crippen LogP) is 5.98. The smallest absolute Gasteiger partial charge is 0.152 e. The molecule has 0 bridgehead atoms. The molecule has 0 saturated carbocycles. The Labute approximate surface area is 138 Å². The zero-order valence-corrected chi connectivity index (χ0v) is 14.1. The Hall–Kier alpha value is -0.810. The van der Waals surface area contributed by atoms with Gasteiger partial charge in [-0.05, 0) is 28.1 Å². The van der Waals surface area contributed by atoms with E-state index in [-0.39, 0.29) is 0 Å². The number of nitrogens with zero attached hydrogens (tertiary/aromatic N) is 1. The Kier molecular flexibility index (Phi) is 4.17. The first-order valence-corrected chi connectivity index (χ1v) is 8.22. The van der Waals surface area contributed by atoms with Crippen LogP contribution in [0.25, 0.3) is 10.1 Å². The van der Waals surface area contributed by atoms with Crippen LogP contribution in [0, 0.1) is 0 Å². The highest BCUT2D eigenvalue weighted by molar-refractivity contribution is 9.10. The number of anilines is 1. The second kappa shape index (κ2) is 5.90. The summed E-state index contributed by atoms with van der Waals surface area (Å²) in [6, 6.07) is 10.0.